The van der Waals surface area contributed by atoms with Crippen molar-refractivity contribution in [3.8, 4) is 17.1 Å². The summed E-state index contributed by atoms with van der Waals surface area (Å²) in [6.45, 7) is 1.87. The number of rotatable bonds is 6. The molecule has 0 saturated heterocycles. The van der Waals surface area contributed by atoms with Crippen LogP contribution in [0.15, 0.2) is 23.4 Å². The van der Waals surface area contributed by atoms with E-state index in [1.807, 2.05) is 6.92 Å². The Morgan fingerprint density at radius 1 is 1.38 bits per heavy atom. The molecule has 0 radical (unpaired) electrons. The lowest BCUT2D eigenvalue weighted by atomic mass is 9.95. The average Bonchev–Trinajstić information content (AvgIpc) is 3.10. The van der Waals surface area contributed by atoms with Gasteiger partial charge in [0, 0.05) is 11.1 Å². The van der Waals surface area contributed by atoms with Gasteiger partial charge in [-0.25, -0.2) is 4.98 Å². The monoisotopic (exact) mass is 394 g/mol. The second-order valence-corrected chi connectivity index (χ2v) is 8.16. The van der Waals surface area contributed by atoms with Gasteiger partial charge in [-0.3, -0.25) is 9.89 Å². The van der Waals surface area contributed by atoms with Crippen LogP contribution in [-0.4, -0.2) is 39.5 Å². The van der Waals surface area contributed by atoms with Gasteiger partial charge in [0.2, 0.25) is 11.1 Å². The average molecular weight is 395 g/mol. The van der Waals surface area contributed by atoms with Crippen LogP contribution in [0.3, 0.4) is 0 Å². The SMILES string of the molecule is COc1ccc(Cl)cc1-c1nc(SC(C)C(=O)NC2CCCCC2)n[nH]1. The minimum absolute atomic E-state index is 0.0357. The molecular formula is C18H23ClN4O2S. The number of hydrogen-bond acceptors (Lipinski definition) is 5. The number of benzene rings is 1. The number of carbonyl (C=O) groups excluding carboxylic acids is 1. The van der Waals surface area contributed by atoms with Crippen molar-refractivity contribution in [3.05, 3.63) is 23.2 Å². The zero-order chi connectivity index (χ0) is 18.5. The molecule has 0 bridgehead atoms. The highest BCUT2D eigenvalue weighted by Gasteiger charge is 2.22. The molecule has 0 aliphatic heterocycles. The summed E-state index contributed by atoms with van der Waals surface area (Å²) >= 11 is 7.41. The first-order chi connectivity index (χ1) is 12.6. The highest BCUT2D eigenvalue weighted by Crippen LogP contribution is 2.31. The summed E-state index contributed by atoms with van der Waals surface area (Å²) in [6, 6.07) is 5.62. The van der Waals surface area contributed by atoms with Gasteiger partial charge < -0.3 is 10.1 Å². The Morgan fingerprint density at radius 2 is 2.15 bits per heavy atom. The number of thioether (sulfide) groups is 1. The summed E-state index contributed by atoms with van der Waals surface area (Å²) in [4.78, 5) is 16.9. The molecule has 140 valence electrons. The fourth-order valence-corrected chi connectivity index (χ4v) is 3.97. The first-order valence-corrected chi connectivity index (χ1v) is 10.1. The molecule has 26 heavy (non-hydrogen) atoms. The zero-order valence-corrected chi connectivity index (χ0v) is 16.5. The fourth-order valence-electron chi connectivity index (χ4n) is 3.06. The minimum atomic E-state index is -0.262. The molecule has 1 atom stereocenters. The summed E-state index contributed by atoms with van der Waals surface area (Å²) in [7, 11) is 1.59. The summed E-state index contributed by atoms with van der Waals surface area (Å²) in [5.74, 6) is 1.26. The van der Waals surface area contributed by atoms with E-state index in [4.69, 9.17) is 16.3 Å². The maximum absolute atomic E-state index is 12.4. The predicted octanol–water partition coefficient (Wildman–Crippen LogP) is 4.06. The van der Waals surface area contributed by atoms with Gasteiger partial charge in [0.15, 0.2) is 5.82 Å². The Bertz CT molecular complexity index is 761. The van der Waals surface area contributed by atoms with E-state index >= 15 is 0 Å². The first-order valence-electron chi connectivity index (χ1n) is 8.80. The summed E-state index contributed by atoms with van der Waals surface area (Å²) in [5, 5.41) is 11.1. The van der Waals surface area contributed by atoms with Crippen molar-refractivity contribution >= 4 is 29.3 Å². The first kappa shape index (κ1) is 19.0. The molecule has 2 aromatic rings. The van der Waals surface area contributed by atoms with E-state index in [-0.39, 0.29) is 11.2 Å². The minimum Gasteiger partial charge on any atom is -0.496 e. The number of methoxy groups -OCH3 is 1. The highest BCUT2D eigenvalue weighted by molar-refractivity contribution is 8.00. The molecular weight excluding hydrogens is 372 g/mol. The number of nitrogens with zero attached hydrogens (tertiary/aromatic N) is 2. The Hall–Kier alpha value is -1.73. The van der Waals surface area contributed by atoms with E-state index in [9.17, 15) is 4.79 Å². The third kappa shape index (κ3) is 4.71. The molecule has 6 nitrogen and oxygen atoms in total. The number of hydrogen-bond donors (Lipinski definition) is 2. The Morgan fingerprint density at radius 3 is 2.88 bits per heavy atom. The molecule has 0 spiro atoms. The molecule has 1 unspecified atom stereocenters. The number of halogens is 1. The van der Waals surface area contributed by atoms with Crippen molar-refractivity contribution in [2.45, 2.75) is 55.5 Å². The van der Waals surface area contributed by atoms with Crippen molar-refractivity contribution in [2.75, 3.05) is 7.11 Å². The number of amides is 1. The van der Waals surface area contributed by atoms with Gasteiger partial charge in [0.25, 0.3) is 0 Å². The molecule has 1 heterocycles. The van der Waals surface area contributed by atoms with Crippen molar-refractivity contribution in [1.29, 1.82) is 0 Å². The smallest absolute Gasteiger partial charge is 0.233 e. The van der Waals surface area contributed by atoms with Crippen LogP contribution in [0.25, 0.3) is 11.4 Å². The van der Waals surface area contributed by atoms with Crippen LogP contribution in [-0.2, 0) is 4.79 Å². The largest absolute Gasteiger partial charge is 0.496 e. The van der Waals surface area contributed by atoms with Gasteiger partial charge in [0.05, 0.1) is 17.9 Å². The maximum Gasteiger partial charge on any atom is 0.233 e. The molecule has 1 saturated carbocycles. The third-order valence-electron chi connectivity index (χ3n) is 4.48. The molecule has 3 rings (SSSR count). The predicted molar refractivity (Wildman–Crippen MR) is 104 cm³/mol. The van der Waals surface area contributed by atoms with Crippen LogP contribution in [0.5, 0.6) is 5.75 Å². The van der Waals surface area contributed by atoms with Crippen molar-refractivity contribution in [2.24, 2.45) is 0 Å². The van der Waals surface area contributed by atoms with Crippen molar-refractivity contribution in [3.63, 3.8) is 0 Å². The Kier molecular flexibility index (Phi) is 6.43. The molecule has 1 aliphatic rings. The number of carbonyl (C=O) groups is 1. The van der Waals surface area contributed by atoms with Crippen LogP contribution in [0.4, 0.5) is 0 Å². The fraction of sp³-hybridized carbons (Fsp3) is 0.500. The van der Waals surface area contributed by atoms with Gasteiger partial charge in [-0.05, 0) is 38.0 Å². The van der Waals surface area contributed by atoms with Gasteiger partial charge >= 0.3 is 0 Å². The van der Waals surface area contributed by atoms with Crippen molar-refractivity contribution < 1.29 is 9.53 Å². The summed E-state index contributed by atoms with van der Waals surface area (Å²) in [6.07, 6.45) is 5.80. The topological polar surface area (TPSA) is 79.9 Å². The Balaban J connectivity index is 1.64. The van der Waals surface area contributed by atoms with E-state index in [1.54, 1.807) is 25.3 Å². The molecule has 8 heteroatoms. The third-order valence-corrected chi connectivity index (χ3v) is 5.68. The van der Waals surface area contributed by atoms with Gasteiger partial charge in [-0.1, -0.05) is 42.6 Å². The van der Waals surface area contributed by atoms with Crippen LogP contribution in [0, 0.1) is 0 Å². The molecule has 1 aliphatic carbocycles. The maximum atomic E-state index is 12.4. The van der Waals surface area contributed by atoms with Gasteiger partial charge in [-0.15, -0.1) is 5.10 Å². The lowest BCUT2D eigenvalue weighted by molar-refractivity contribution is -0.121. The second-order valence-electron chi connectivity index (χ2n) is 6.41. The van der Waals surface area contributed by atoms with Crippen LogP contribution in [0.2, 0.25) is 5.02 Å². The van der Waals surface area contributed by atoms with E-state index in [0.717, 1.165) is 18.4 Å². The lowest BCUT2D eigenvalue weighted by Gasteiger charge is -2.24. The molecule has 1 fully saturated rings. The number of aromatic nitrogens is 3. The van der Waals surface area contributed by atoms with Gasteiger partial charge in [0.1, 0.15) is 5.75 Å². The van der Waals surface area contributed by atoms with E-state index in [1.165, 1.54) is 31.0 Å². The Labute approximate surface area is 162 Å². The molecule has 1 amide bonds. The molecule has 2 N–H and O–H groups in total. The van der Waals surface area contributed by atoms with E-state index in [0.29, 0.717) is 27.8 Å². The highest BCUT2D eigenvalue weighted by atomic mass is 35.5. The quantitative estimate of drug-likeness (QED) is 0.722. The van der Waals surface area contributed by atoms with Crippen molar-refractivity contribution in [1.82, 2.24) is 20.5 Å². The summed E-state index contributed by atoms with van der Waals surface area (Å²) in [5.41, 5.74) is 0.735. The van der Waals surface area contributed by atoms with Crippen LogP contribution >= 0.6 is 23.4 Å². The van der Waals surface area contributed by atoms with E-state index < -0.39 is 0 Å². The van der Waals surface area contributed by atoms with Crippen LogP contribution in [0.1, 0.15) is 39.0 Å². The second kappa shape index (κ2) is 8.77. The zero-order valence-electron chi connectivity index (χ0n) is 14.9. The summed E-state index contributed by atoms with van der Waals surface area (Å²) < 4.78 is 5.35. The number of H-pyrrole nitrogens is 1. The molecule has 1 aromatic heterocycles. The number of nitrogens with one attached hydrogen (secondary N) is 2. The number of ether oxygens (including phenoxy) is 1. The lowest BCUT2D eigenvalue weighted by Crippen LogP contribution is -2.40. The standard InChI is InChI=1S/C18H23ClN4O2S/c1-11(17(24)20-13-6-4-3-5-7-13)26-18-21-16(22-23-18)14-10-12(19)8-9-15(14)25-2/h8-11,13H,3-7H2,1-2H3,(H,20,24)(H,21,22,23). The molecule has 1 aromatic carbocycles. The normalized spacial score (nSPS) is 16.3. The van der Waals surface area contributed by atoms with E-state index in [2.05, 4.69) is 20.5 Å². The van der Waals surface area contributed by atoms with Crippen LogP contribution < -0.4 is 10.1 Å². The van der Waals surface area contributed by atoms with Gasteiger partial charge in [-0.2, -0.15) is 0 Å². The number of aromatic amines is 1.